The molecule has 2 aromatic heterocycles. The van der Waals surface area contributed by atoms with Crippen molar-refractivity contribution in [2.45, 2.75) is 24.6 Å². The number of nitrogens with zero attached hydrogens (tertiary/aromatic N) is 2. The van der Waals surface area contributed by atoms with Crippen LogP contribution in [0.25, 0.3) is 21.8 Å². The Balaban J connectivity index is 1.48. The fourth-order valence-corrected chi connectivity index (χ4v) is 5.23. The molecule has 1 fully saturated rings. The van der Waals surface area contributed by atoms with Gasteiger partial charge in [0.15, 0.2) is 11.5 Å². The third-order valence-corrected chi connectivity index (χ3v) is 7.49. The second-order valence-corrected chi connectivity index (χ2v) is 9.73. The number of pyridine rings is 1. The number of hydrogen-bond acceptors (Lipinski definition) is 5. The molecule has 160 valence electrons. The molecule has 0 unspecified atom stereocenters. The van der Waals surface area contributed by atoms with Crippen LogP contribution in [-0.2, 0) is 16.6 Å². The van der Waals surface area contributed by atoms with Crippen molar-refractivity contribution in [2.24, 2.45) is 0 Å². The molecular formula is C23H23N3O4S. The predicted octanol–water partition coefficient (Wildman–Crippen LogP) is 4.16. The standard InChI is InChI=1S/C23H23N3O4S/c1-29-21-11-19-20(12-22(21)30-2)24-13-16-9-10-26(23(16)19)14-15-3-5-17(6-4-15)25-31(27,28)18-7-8-18/h3-6,9-13,18,25H,7-8,14H2,1-2H3. The summed E-state index contributed by atoms with van der Waals surface area (Å²) in [5.74, 6) is 1.30. The van der Waals surface area contributed by atoms with Gasteiger partial charge in [-0.2, -0.15) is 0 Å². The van der Waals surface area contributed by atoms with Crippen LogP contribution in [0.4, 0.5) is 5.69 Å². The summed E-state index contributed by atoms with van der Waals surface area (Å²) >= 11 is 0. The van der Waals surface area contributed by atoms with Gasteiger partial charge in [0, 0.05) is 41.5 Å². The number of fused-ring (bicyclic) bond motifs is 3. The van der Waals surface area contributed by atoms with E-state index in [-0.39, 0.29) is 5.25 Å². The lowest BCUT2D eigenvalue weighted by Gasteiger charge is -2.12. The van der Waals surface area contributed by atoms with E-state index in [2.05, 4.69) is 14.3 Å². The highest BCUT2D eigenvalue weighted by Crippen LogP contribution is 2.35. The molecule has 0 atom stereocenters. The minimum Gasteiger partial charge on any atom is -0.493 e. The molecule has 7 nitrogen and oxygen atoms in total. The highest BCUT2D eigenvalue weighted by atomic mass is 32.2. The molecule has 2 heterocycles. The van der Waals surface area contributed by atoms with Crippen molar-refractivity contribution in [1.29, 1.82) is 0 Å². The molecule has 2 aromatic carbocycles. The van der Waals surface area contributed by atoms with E-state index in [0.29, 0.717) is 23.7 Å². The molecule has 0 amide bonds. The van der Waals surface area contributed by atoms with E-state index in [9.17, 15) is 8.42 Å². The first-order valence-electron chi connectivity index (χ1n) is 10.1. The maximum absolute atomic E-state index is 12.1. The Labute approximate surface area is 180 Å². The van der Waals surface area contributed by atoms with E-state index < -0.39 is 10.0 Å². The summed E-state index contributed by atoms with van der Waals surface area (Å²) in [5.41, 5.74) is 3.55. The Bertz CT molecular complexity index is 1370. The molecule has 0 radical (unpaired) electrons. The van der Waals surface area contributed by atoms with Crippen molar-refractivity contribution in [2.75, 3.05) is 18.9 Å². The summed E-state index contributed by atoms with van der Waals surface area (Å²) in [6.45, 7) is 0.645. The number of hydrogen-bond donors (Lipinski definition) is 1. The van der Waals surface area contributed by atoms with Gasteiger partial charge in [0.05, 0.1) is 30.5 Å². The Kier molecular flexibility index (Phi) is 4.74. The number of anilines is 1. The van der Waals surface area contributed by atoms with Gasteiger partial charge in [-0.05, 0) is 42.7 Å². The lowest BCUT2D eigenvalue weighted by Crippen LogP contribution is -2.17. The number of ether oxygens (including phenoxy) is 2. The number of rotatable bonds is 7. The van der Waals surface area contributed by atoms with Crippen LogP contribution in [0.1, 0.15) is 18.4 Å². The maximum Gasteiger partial charge on any atom is 0.235 e. The molecule has 4 aromatic rings. The van der Waals surface area contributed by atoms with Crippen LogP contribution in [0.15, 0.2) is 54.9 Å². The van der Waals surface area contributed by atoms with E-state index in [1.165, 1.54) is 0 Å². The van der Waals surface area contributed by atoms with Crippen molar-refractivity contribution in [3.8, 4) is 11.5 Å². The summed E-state index contributed by atoms with van der Waals surface area (Å²) < 4.78 is 40.0. The fourth-order valence-electron chi connectivity index (χ4n) is 3.84. The molecule has 5 rings (SSSR count). The number of methoxy groups -OCH3 is 2. The Morgan fingerprint density at radius 1 is 1.06 bits per heavy atom. The van der Waals surface area contributed by atoms with Crippen molar-refractivity contribution in [3.63, 3.8) is 0 Å². The average molecular weight is 438 g/mol. The zero-order chi connectivity index (χ0) is 21.6. The number of aromatic nitrogens is 2. The van der Waals surface area contributed by atoms with E-state index in [4.69, 9.17) is 9.47 Å². The van der Waals surface area contributed by atoms with Crippen molar-refractivity contribution >= 4 is 37.5 Å². The zero-order valence-electron chi connectivity index (χ0n) is 17.3. The Morgan fingerprint density at radius 2 is 1.77 bits per heavy atom. The lowest BCUT2D eigenvalue weighted by atomic mass is 10.1. The number of nitrogens with one attached hydrogen (secondary N) is 1. The second-order valence-electron chi connectivity index (χ2n) is 7.77. The molecule has 0 saturated heterocycles. The van der Waals surface area contributed by atoms with Crippen LogP contribution in [-0.4, -0.2) is 37.4 Å². The van der Waals surface area contributed by atoms with Gasteiger partial charge in [-0.3, -0.25) is 9.71 Å². The highest BCUT2D eigenvalue weighted by molar-refractivity contribution is 7.93. The minimum atomic E-state index is -3.25. The van der Waals surface area contributed by atoms with Gasteiger partial charge in [-0.25, -0.2) is 8.42 Å². The first kappa shape index (κ1) is 19.7. The first-order chi connectivity index (χ1) is 15.0. The van der Waals surface area contributed by atoms with Gasteiger partial charge >= 0.3 is 0 Å². The topological polar surface area (TPSA) is 82.5 Å². The van der Waals surface area contributed by atoms with Crippen LogP contribution in [0.2, 0.25) is 0 Å². The van der Waals surface area contributed by atoms with Crippen LogP contribution in [0, 0.1) is 0 Å². The van der Waals surface area contributed by atoms with Gasteiger partial charge in [0.2, 0.25) is 10.0 Å². The van der Waals surface area contributed by atoms with Gasteiger partial charge < -0.3 is 14.0 Å². The van der Waals surface area contributed by atoms with Gasteiger partial charge in [0.25, 0.3) is 0 Å². The van der Waals surface area contributed by atoms with Crippen molar-refractivity contribution in [1.82, 2.24) is 9.55 Å². The maximum atomic E-state index is 12.1. The normalized spacial score (nSPS) is 14.1. The van der Waals surface area contributed by atoms with E-state index in [1.807, 2.05) is 54.9 Å². The summed E-state index contributed by atoms with van der Waals surface area (Å²) in [6, 6.07) is 13.4. The largest absolute Gasteiger partial charge is 0.493 e. The van der Waals surface area contributed by atoms with Gasteiger partial charge in [0.1, 0.15) is 0 Å². The van der Waals surface area contributed by atoms with Crippen molar-refractivity contribution < 1.29 is 17.9 Å². The van der Waals surface area contributed by atoms with Crippen LogP contribution >= 0.6 is 0 Å². The third-order valence-electron chi connectivity index (χ3n) is 5.62. The second kappa shape index (κ2) is 7.46. The number of sulfonamides is 1. The van der Waals surface area contributed by atoms with E-state index >= 15 is 0 Å². The Morgan fingerprint density at radius 3 is 2.45 bits per heavy atom. The monoisotopic (exact) mass is 437 g/mol. The molecule has 1 saturated carbocycles. The fraction of sp³-hybridized carbons (Fsp3) is 0.261. The molecular weight excluding hydrogens is 414 g/mol. The van der Waals surface area contributed by atoms with E-state index in [0.717, 1.165) is 40.2 Å². The van der Waals surface area contributed by atoms with Gasteiger partial charge in [-0.15, -0.1) is 0 Å². The predicted molar refractivity (Wildman–Crippen MR) is 121 cm³/mol. The Hall–Kier alpha value is -3.26. The quantitative estimate of drug-likeness (QED) is 0.469. The average Bonchev–Trinajstić information content (AvgIpc) is 3.56. The SMILES string of the molecule is COc1cc2ncc3ccn(Cc4ccc(NS(=O)(=O)C5CC5)cc4)c3c2cc1OC. The molecule has 8 heteroatoms. The first-order valence-corrected chi connectivity index (χ1v) is 11.6. The molecule has 0 aliphatic heterocycles. The van der Waals surface area contributed by atoms with E-state index in [1.54, 1.807) is 14.2 Å². The smallest absolute Gasteiger partial charge is 0.235 e. The van der Waals surface area contributed by atoms with Crippen LogP contribution in [0.3, 0.4) is 0 Å². The summed E-state index contributed by atoms with van der Waals surface area (Å²) in [7, 11) is -0.0219. The van der Waals surface area contributed by atoms with Crippen molar-refractivity contribution in [3.05, 3.63) is 60.4 Å². The molecule has 0 bridgehead atoms. The summed E-state index contributed by atoms with van der Waals surface area (Å²) in [5, 5.41) is 1.78. The minimum absolute atomic E-state index is 0.240. The number of benzene rings is 2. The molecule has 1 N–H and O–H groups in total. The molecule has 31 heavy (non-hydrogen) atoms. The van der Waals surface area contributed by atoms with Crippen LogP contribution < -0.4 is 14.2 Å². The summed E-state index contributed by atoms with van der Waals surface area (Å²) in [6.07, 6.45) is 5.38. The molecule has 0 spiro atoms. The summed E-state index contributed by atoms with van der Waals surface area (Å²) in [4.78, 5) is 4.56. The zero-order valence-corrected chi connectivity index (χ0v) is 18.1. The van der Waals surface area contributed by atoms with Crippen LogP contribution in [0.5, 0.6) is 11.5 Å². The molecule has 1 aliphatic carbocycles. The highest BCUT2D eigenvalue weighted by Gasteiger charge is 2.35. The lowest BCUT2D eigenvalue weighted by molar-refractivity contribution is 0.356. The third kappa shape index (κ3) is 3.67. The van der Waals surface area contributed by atoms with Gasteiger partial charge in [-0.1, -0.05) is 12.1 Å². The molecule has 1 aliphatic rings.